The van der Waals surface area contributed by atoms with Crippen LogP contribution in [0.25, 0.3) is 0 Å². The Kier molecular flexibility index (Phi) is 3.46. The summed E-state index contributed by atoms with van der Waals surface area (Å²) in [6, 6.07) is 0. The van der Waals surface area contributed by atoms with E-state index in [1.807, 2.05) is 24.9 Å². The molecule has 3 atom stereocenters. The molecule has 4 rings (SSSR count). The number of likely N-dealkylation sites (tertiary alicyclic amines) is 1. The van der Waals surface area contributed by atoms with Crippen molar-refractivity contribution in [2.75, 3.05) is 13.1 Å². The van der Waals surface area contributed by atoms with Crippen LogP contribution < -0.4 is 0 Å². The smallest absolute Gasteiger partial charge is 0.223 e. The second kappa shape index (κ2) is 5.48. The maximum absolute atomic E-state index is 6.19. The lowest BCUT2D eigenvalue weighted by atomic mass is 9.91. The number of fused-ring (bicyclic) bond motifs is 1. The predicted octanol–water partition coefficient (Wildman–Crippen LogP) is 1.46. The molecule has 2 aromatic heterocycles. The SMILES string of the molecule is Cc1nc([C@H]2C[C@H]3CCN(Cc4cnn(C)c4)C[C@@H]3O2)no1. The van der Waals surface area contributed by atoms with E-state index in [0.717, 1.165) is 32.5 Å². The largest absolute Gasteiger partial charge is 0.365 e. The highest BCUT2D eigenvalue weighted by atomic mass is 16.5. The standard InChI is InChI=1S/C15H21N5O2/c1-10-17-15(18-22-10)13-5-12-3-4-20(9-14(12)21-13)8-11-6-16-19(2)7-11/h6-7,12-14H,3-5,8-9H2,1-2H3/t12-,13-,14+/m1/s1. The first kappa shape index (κ1) is 13.9. The quantitative estimate of drug-likeness (QED) is 0.855. The monoisotopic (exact) mass is 303 g/mol. The van der Waals surface area contributed by atoms with Crippen LogP contribution in [0.5, 0.6) is 0 Å². The highest BCUT2D eigenvalue weighted by Gasteiger charge is 2.41. The molecule has 0 saturated carbocycles. The van der Waals surface area contributed by atoms with Crippen LogP contribution >= 0.6 is 0 Å². The average Bonchev–Trinajstić information content (AvgIpc) is 3.18. The third-order valence-electron chi connectivity index (χ3n) is 4.63. The zero-order chi connectivity index (χ0) is 15.1. The molecule has 2 aliphatic heterocycles. The maximum Gasteiger partial charge on any atom is 0.223 e. The van der Waals surface area contributed by atoms with Crippen molar-refractivity contribution in [3.05, 3.63) is 29.7 Å². The molecule has 0 aromatic carbocycles. The third-order valence-corrected chi connectivity index (χ3v) is 4.63. The van der Waals surface area contributed by atoms with Crippen molar-refractivity contribution in [1.29, 1.82) is 0 Å². The zero-order valence-electron chi connectivity index (χ0n) is 13.0. The van der Waals surface area contributed by atoms with E-state index in [1.165, 1.54) is 5.56 Å². The van der Waals surface area contributed by atoms with Gasteiger partial charge in [0.2, 0.25) is 11.7 Å². The summed E-state index contributed by atoms with van der Waals surface area (Å²) in [5.41, 5.74) is 1.25. The molecule has 0 bridgehead atoms. The third kappa shape index (κ3) is 2.66. The molecule has 0 unspecified atom stereocenters. The molecule has 2 fully saturated rings. The lowest BCUT2D eigenvalue weighted by Crippen LogP contribution is -2.41. The fourth-order valence-electron chi connectivity index (χ4n) is 3.56. The summed E-state index contributed by atoms with van der Waals surface area (Å²) in [6.45, 7) is 4.82. The number of nitrogens with zero attached hydrogens (tertiary/aromatic N) is 5. The zero-order valence-corrected chi connectivity index (χ0v) is 13.0. The van der Waals surface area contributed by atoms with E-state index < -0.39 is 0 Å². The molecule has 0 spiro atoms. The Morgan fingerprint density at radius 3 is 3.05 bits per heavy atom. The van der Waals surface area contributed by atoms with Gasteiger partial charge < -0.3 is 9.26 Å². The van der Waals surface area contributed by atoms with E-state index in [4.69, 9.17) is 9.26 Å². The van der Waals surface area contributed by atoms with E-state index in [2.05, 4.69) is 26.3 Å². The van der Waals surface area contributed by atoms with Gasteiger partial charge in [0.1, 0.15) is 6.10 Å². The van der Waals surface area contributed by atoms with Crippen molar-refractivity contribution in [1.82, 2.24) is 24.8 Å². The van der Waals surface area contributed by atoms with Crippen LogP contribution in [-0.4, -0.2) is 44.0 Å². The highest BCUT2D eigenvalue weighted by Crippen LogP contribution is 2.40. The van der Waals surface area contributed by atoms with Gasteiger partial charge in [0, 0.05) is 38.8 Å². The Balaban J connectivity index is 1.39. The molecule has 0 radical (unpaired) electrons. The van der Waals surface area contributed by atoms with Crippen LogP contribution in [-0.2, 0) is 18.3 Å². The molecule has 2 aliphatic rings. The van der Waals surface area contributed by atoms with Gasteiger partial charge in [0.25, 0.3) is 0 Å². The number of aryl methyl sites for hydroxylation is 2. The molecule has 2 saturated heterocycles. The van der Waals surface area contributed by atoms with E-state index in [0.29, 0.717) is 17.6 Å². The molecule has 7 nitrogen and oxygen atoms in total. The minimum absolute atomic E-state index is 0.00853. The number of piperidine rings is 1. The lowest BCUT2D eigenvalue weighted by molar-refractivity contribution is -0.0125. The first-order valence-electron chi connectivity index (χ1n) is 7.83. The van der Waals surface area contributed by atoms with Crippen LogP contribution in [0.1, 0.15) is 36.2 Å². The van der Waals surface area contributed by atoms with Crippen LogP contribution in [0, 0.1) is 12.8 Å². The van der Waals surface area contributed by atoms with Gasteiger partial charge in [-0.05, 0) is 25.3 Å². The molecule has 4 heterocycles. The maximum atomic E-state index is 6.19. The van der Waals surface area contributed by atoms with Crippen molar-refractivity contribution in [2.24, 2.45) is 13.0 Å². The Morgan fingerprint density at radius 2 is 2.32 bits per heavy atom. The van der Waals surface area contributed by atoms with Crippen LogP contribution in [0.3, 0.4) is 0 Å². The Hall–Kier alpha value is -1.73. The summed E-state index contributed by atoms with van der Waals surface area (Å²) < 4.78 is 13.1. The van der Waals surface area contributed by atoms with Gasteiger partial charge in [-0.25, -0.2) is 0 Å². The van der Waals surface area contributed by atoms with E-state index in [9.17, 15) is 0 Å². The number of hydrogen-bond acceptors (Lipinski definition) is 6. The summed E-state index contributed by atoms with van der Waals surface area (Å²) in [5.74, 6) is 1.91. The van der Waals surface area contributed by atoms with Gasteiger partial charge in [-0.15, -0.1) is 0 Å². The summed E-state index contributed by atoms with van der Waals surface area (Å²) in [5, 5.41) is 8.24. The number of hydrogen-bond donors (Lipinski definition) is 0. The second-order valence-electron chi connectivity index (χ2n) is 6.38. The molecule has 22 heavy (non-hydrogen) atoms. The van der Waals surface area contributed by atoms with Gasteiger partial charge in [0.15, 0.2) is 0 Å². The topological polar surface area (TPSA) is 69.2 Å². The van der Waals surface area contributed by atoms with Crippen molar-refractivity contribution in [2.45, 2.75) is 38.5 Å². The first-order chi connectivity index (χ1) is 10.7. The summed E-state index contributed by atoms with van der Waals surface area (Å²) in [7, 11) is 1.95. The normalized spacial score (nSPS) is 28.9. The van der Waals surface area contributed by atoms with Gasteiger partial charge in [-0.3, -0.25) is 9.58 Å². The van der Waals surface area contributed by atoms with Gasteiger partial charge >= 0.3 is 0 Å². The molecule has 0 aliphatic carbocycles. The second-order valence-corrected chi connectivity index (χ2v) is 6.38. The average molecular weight is 303 g/mol. The molecule has 2 aromatic rings. The van der Waals surface area contributed by atoms with Gasteiger partial charge in [-0.2, -0.15) is 10.1 Å². The molecule has 7 heteroatoms. The Morgan fingerprint density at radius 1 is 1.41 bits per heavy atom. The molecule has 0 amide bonds. The summed E-state index contributed by atoms with van der Waals surface area (Å²) in [6.07, 6.45) is 6.45. The fourth-order valence-corrected chi connectivity index (χ4v) is 3.56. The lowest BCUT2D eigenvalue weighted by Gasteiger charge is -2.33. The van der Waals surface area contributed by atoms with Gasteiger partial charge in [0.05, 0.1) is 12.3 Å². The van der Waals surface area contributed by atoms with E-state index in [-0.39, 0.29) is 12.2 Å². The summed E-state index contributed by atoms with van der Waals surface area (Å²) >= 11 is 0. The van der Waals surface area contributed by atoms with Crippen molar-refractivity contribution >= 4 is 0 Å². The Bertz CT molecular complexity index is 652. The van der Waals surface area contributed by atoms with Crippen LogP contribution in [0.15, 0.2) is 16.9 Å². The number of rotatable bonds is 3. The predicted molar refractivity (Wildman–Crippen MR) is 77.9 cm³/mol. The van der Waals surface area contributed by atoms with Gasteiger partial charge in [-0.1, -0.05) is 5.16 Å². The van der Waals surface area contributed by atoms with Crippen molar-refractivity contribution in [3.63, 3.8) is 0 Å². The highest BCUT2D eigenvalue weighted by molar-refractivity contribution is 5.05. The van der Waals surface area contributed by atoms with Crippen LogP contribution in [0.4, 0.5) is 0 Å². The van der Waals surface area contributed by atoms with Crippen molar-refractivity contribution < 1.29 is 9.26 Å². The van der Waals surface area contributed by atoms with Crippen LogP contribution in [0.2, 0.25) is 0 Å². The fraction of sp³-hybridized carbons (Fsp3) is 0.667. The Labute approximate surface area is 129 Å². The molecular weight excluding hydrogens is 282 g/mol. The molecule has 0 N–H and O–H groups in total. The minimum Gasteiger partial charge on any atom is -0.365 e. The minimum atomic E-state index is -0.00853. The number of ether oxygens (including phenoxy) is 1. The van der Waals surface area contributed by atoms with E-state index in [1.54, 1.807) is 0 Å². The molecular formula is C15H21N5O2. The number of aromatic nitrogens is 4. The molecule has 118 valence electrons. The van der Waals surface area contributed by atoms with Crippen molar-refractivity contribution in [3.8, 4) is 0 Å². The first-order valence-corrected chi connectivity index (χ1v) is 7.83. The van der Waals surface area contributed by atoms with E-state index >= 15 is 0 Å². The summed E-state index contributed by atoms with van der Waals surface area (Å²) in [4.78, 5) is 6.76.